The van der Waals surface area contributed by atoms with Gasteiger partial charge in [0, 0.05) is 17.4 Å². The normalized spacial score (nSPS) is 10.1. The number of aromatic nitrogens is 1. The number of hydrogen-bond acceptors (Lipinski definition) is 2. The minimum atomic E-state index is 0.773. The summed E-state index contributed by atoms with van der Waals surface area (Å²) in [4.78, 5) is 4.27. The van der Waals surface area contributed by atoms with Crippen molar-refractivity contribution in [2.45, 2.75) is 6.92 Å². The SMILES string of the molecule is Cc1ccc(N)c(-c2ccccn2)c1. The van der Waals surface area contributed by atoms with E-state index < -0.39 is 0 Å². The Morgan fingerprint density at radius 2 is 2.00 bits per heavy atom. The number of anilines is 1. The van der Waals surface area contributed by atoms with Gasteiger partial charge in [-0.2, -0.15) is 0 Å². The molecule has 0 atom stereocenters. The molecule has 2 heteroatoms. The van der Waals surface area contributed by atoms with Crippen LogP contribution in [0.15, 0.2) is 42.6 Å². The Balaban J connectivity index is 2.57. The van der Waals surface area contributed by atoms with Crippen molar-refractivity contribution in [1.29, 1.82) is 0 Å². The Morgan fingerprint density at radius 1 is 1.14 bits per heavy atom. The van der Waals surface area contributed by atoms with Crippen LogP contribution in [0.4, 0.5) is 5.69 Å². The van der Waals surface area contributed by atoms with Gasteiger partial charge in [0.25, 0.3) is 0 Å². The fraction of sp³-hybridized carbons (Fsp3) is 0.0833. The van der Waals surface area contributed by atoms with Crippen molar-refractivity contribution in [3.63, 3.8) is 0 Å². The highest BCUT2D eigenvalue weighted by molar-refractivity contribution is 5.74. The summed E-state index contributed by atoms with van der Waals surface area (Å²) in [6.45, 7) is 2.05. The molecule has 0 spiro atoms. The second-order valence-corrected chi connectivity index (χ2v) is 3.31. The van der Waals surface area contributed by atoms with Gasteiger partial charge in [0.15, 0.2) is 0 Å². The molecule has 2 rings (SSSR count). The summed E-state index contributed by atoms with van der Waals surface area (Å²) in [7, 11) is 0. The molecule has 2 nitrogen and oxygen atoms in total. The van der Waals surface area contributed by atoms with E-state index in [2.05, 4.69) is 11.1 Å². The lowest BCUT2D eigenvalue weighted by Crippen LogP contribution is -1.91. The number of nitrogen functional groups attached to an aromatic ring is 1. The zero-order valence-corrected chi connectivity index (χ0v) is 8.07. The van der Waals surface area contributed by atoms with E-state index >= 15 is 0 Å². The zero-order valence-electron chi connectivity index (χ0n) is 8.07. The fourth-order valence-corrected chi connectivity index (χ4v) is 1.41. The van der Waals surface area contributed by atoms with E-state index in [0.717, 1.165) is 16.9 Å². The lowest BCUT2D eigenvalue weighted by molar-refractivity contribution is 1.32. The van der Waals surface area contributed by atoms with E-state index in [1.807, 2.05) is 37.3 Å². The maximum atomic E-state index is 5.88. The van der Waals surface area contributed by atoms with Crippen LogP contribution < -0.4 is 5.73 Å². The maximum Gasteiger partial charge on any atom is 0.0722 e. The topological polar surface area (TPSA) is 38.9 Å². The van der Waals surface area contributed by atoms with Crippen molar-refractivity contribution < 1.29 is 0 Å². The van der Waals surface area contributed by atoms with Gasteiger partial charge in [0.2, 0.25) is 0 Å². The van der Waals surface area contributed by atoms with Crippen LogP contribution in [0.3, 0.4) is 0 Å². The lowest BCUT2D eigenvalue weighted by Gasteiger charge is -2.05. The molecule has 0 unspecified atom stereocenters. The Kier molecular flexibility index (Phi) is 2.19. The first-order chi connectivity index (χ1) is 6.77. The molecule has 14 heavy (non-hydrogen) atoms. The molecule has 0 bridgehead atoms. The molecular weight excluding hydrogens is 172 g/mol. The number of rotatable bonds is 1. The standard InChI is InChI=1S/C12H12N2/c1-9-5-6-11(13)10(8-9)12-4-2-3-7-14-12/h2-8H,13H2,1H3. The molecule has 0 aliphatic heterocycles. The lowest BCUT2D eigenvalue weighted by atomic mass is 10.1. The Labute approximate surface area is 83.4 Å². The van der Waals surface area contributed by atoms with Crippen LogP contribution in [-0.2, 0) is 0 Å². The number of nitrogens with two attached hydrogens (primary N) is 1. The second kappa shape index (κ2) is 3.50. The van der Waals surface area contributed by atoms with E-state index in [1.54, 1.807) is 6.20 Å². The first-order valence-electron chi connectivity index (χ1n) is 4.55. The van der Waals surface area contributed by atoms with Gasteiger partial charge in [-0.25, -0.2) is 0 Å². The minimum Gasteiger partial charge on any atom is -0.398 e. The van der Waals surface area contributed by atoms with Gasteiger partial charge in [0.1, 0.15) is 0 Å². The maximum absolute atomic E-state index is 5.88. The average molecular weight is 184 g/mol. The monoisotopic (exact) mass is 184 g/mol. The summed E-state index contributed by atoms with van der Waals surface area (Å²) in [6.07, 6.45) is 1.77. The molecule has 1 heterocycles. The fourth-order valence-electron chi connectivity index (χ4n) is 1.41. The van der Waals surface area contributed by atoms with Crippen molar-refractivity contribution in [3.05, 3.63) is 48.2 Å². The molecule has 70 valence electrons. The molecule has 0 saturated carbocycles. The molecule has 0 radical (unpaired) electrons. The predicted molar refractivity (Wildman–Crippen MR) is 58.8 cm³/mol. The van der Waals surface area contributed by atoms with Crippen LogP contribution in [0.25, 0.3) is 11.3 Å². The Bertz CT molecular complexity index is 435. The molecule has 0 amide bonds. The third kappa shape index (κ3) is 1.59. The summed E-state index contributed by atoms with van der Waals surface area (Å²) in [5.41, 5.74) is 9.78. The van der Waals surface area contributed by atoms with Gasteiger partial charge < -0.3 is 5.73 Å². The van der Waals surface area contributed by atoms with Crippen LogP contribution in [0, 0.1) is 6.92 Å². The van der Waals surface area contributed by atoms with Crippen LogP contribution in [0.2, 0.25) is 0 Å². The van der Waals surface area contributed by atoms with Crippen LogP contribution in [0.5, 0.6) is 0 Å². The molecule has 1 aromatic carbocycles. The summed E-state index contributed by atoms with van der Waals surface area (Å²) < 4.78 is 0. The quantitative estimate of drug-likeness (QED) is 0.692. The van der Waals surface area contributed by atoms with E-state index in [9.17, 15) is 0 Å². The number of benzene rings is 1. The first kappa shape index (κ1) is 8.75. The molecule has 0 fully saturated rings. The minimum absolute atomic E-state index is 0.773. The summed E-state index contributed by atoms with van der Waals surface area (Å²) >= 11 is 0. The molecule has 1 aromatic heterocycles. The van der Waals surface area contributed by atoms with Crippen molar-refractivity contribution in [2.24, 2.45) is 0 Å². The highest BCUT2D eigenvalue weighted by Gasteiger charge is 2.02. The van der Waals surface area contributed by atoms with E-state index in [-0.39, 0.29) is 0 Å². The van der Waals surface area contributed by atoms with Gasteiger partial charge in [-0.3, -0.25) is 4.98 Å². The highest BCUT2D eigenvalue weighted by Crippen LogP contribution is 2.24. The van der Waals surface area contributed by atoms with Crippen LogP contribution >= 0.6 is 0 Å². The second-order valence-electron chi connectivity index (χ2n) is 3.31. The van der Waals surface area contributed by atoms with Crippen molar-refractivity contribution in [3.8, 4) is 11.3 Å². The van der Waals surface area contributed by atoms with E-state index in [1.165, 1.54) is 5.56 Å². The van der Waals surface area contributed by atoms with Gasteiger partial charge >= 0.3 is 0 Å². The van der Waals surface area contributed by atoms with Gasteiger partial charge in [0.05, 0.1) is 5.69 Å². The molecular formula is C12H12N2. The third-order valence-corrected chi connectivity index (χ3v) is 2.15. The molecule has 2 aromatic rings. The Morgan fingerprint density at radius 3 is 2.71 bits per heavy atom. The van der Waals surface area contributed by atoms with Crippen molar-refractivity contribution >= 4 is 5.69 Å². The summed E-state index contributed by atoms with van der Waals surface area (Å²) in [5, 5.41) is 0. The van der Waals surface area contributed by atoms with Gasteiger partial charge in [-0.15, -0.1) is 0 Å². The van der Waals surface area contributed by atoms with Crippen molar-refractivity contribution in [2.75, 3.05) is 5.73 Å². The highest BCUT2D eigenvalue weighted by atomic mass is 14.7. The zero-order chi connectivity index (χ0) is 9.97. The van der Waals surface area contributed by atoms with Crippen LogP contribution in [-0.4, -0.2) is 4.98 Å². The molecule has 2 N–H and O–H groups in total. The number of aryl methyl sites for hydroxylation is 1. The molecule has 0 aliphatic rings. The summed E-state index contributed by atoms with van der Waals surface area (Å²) in [5.74, 6) is 0. The van der Waals surface area contributed by atoms with Crippen molar-refractivity contribution in [1.82, 2.24) is 4.98 Å². The van der Waals surface area contributed by atoms with E-state index in [4.69, 9.17) is 5.73 Å². The molecule has 0 saturated heterocycles. The summed E-state index contributed by atoms with van der Waals surface area (Å²) in [6, 6.07) is 11.8. The first-order valence-corrected chi connectivity index (χ1v) is 4.55. The number of hydrogen-bond donors (Lipinski definition) is 1. The predicted octanol–water partition coefficient (Wildman–Crippen LogP) is 2.64. The smallest absolute Gasteiger partial charge is 0.0722 e. The average Bonchev–Trinajstić information content (AvgIpc) is 2.23. The third-order valence-electron chi connectivity index (χ3n) is 2.15. The Hall–Kier alpha value is -1.83. The molecule has 0 aliphatic carbocycles. The van der Waals surface area contributed by atoms with Gasteiger partial charge in [-0.05, 0) is 31.2 Å². The van der Waals surface area contributed by atoms with Gasteiger partial charge in [-0.1, -0.05) is 17.7 Å². The van der Waals surface area contributed by atoms with Crippen LogP contribution in [0.1, 0.15) is 5.56 Å². The number of pyridine rings is 1. The number of nitrogens with zero attached hydrogens (tertiary/aromatic N) is 1. The van der Waals surface area contributed by atoms with E-state index in [0.29, 0.717) is 0 Å². The largest absolute Gasteiger partial charge is 0.398 e.